The molecule has 1 unspecified atom stereocenters. The smallest absolute Gasteiger partial charge is 0.387 e. The van der Waals surface area contributed by atoms with E-state index >= 15 is 0 Å². The minimum Gasteiger partial charge on any atom is -0.481 e. The monoisotopic (exact) mass is 480 g/mol. The maximum absolute atomic E-state index is 12.1. The molecule has 0 amide bonds. The van der Waals surface area contributed by atoms with Crippen LogP contribution in [0.1, 0.15) is 38.5 Å². The molecular weight excluding hydrogens is 460 g/mol. The van der Waals surface area contributed by atoms with Crippen molar-refractivity contribution in [3.63, 3.8) is 0 Å². The Morgan fingerprint density at radius 1 is 1.06 bits per heavy atom. The van der Waals surface area contributed by atoms with E-state index in [1.54, 1.807) is 0 Å². The lowest BCUT2D eigenvalue weighted by Crippen LogP contribution is -2.45. The van der Waals surface area contributed by atoms with Gasteiger partial charge in [-0.2, -0.15) is 0 Å². The molecule has 0 aliphatic carbocycles. The van der Waals surface area contributed by atoms with Crippen LogP contribution in [0.5, 0.6) is 0 Å². The molecule has 33 heavy (non-hydrogen) atoms. The number of hydrogen-bond donors (Lipinski definition) is 4. The number of nitrogens with two attached hydrogens (primary N) is 2. The first kappa shape index (κ1) is 27.2. The Kier molecular flexibility index (Phi) is 10.1. The lowest BCUT2D eigenvalue weighted by molar-refractivity contribution is -0.278. The molecule has 1 saturated heterocycles. The normalized spacial score (nSPS) is 23.2. The third kappa shape index (κ3) is 9.46. The van der Waals surface area contributed by atoms with Crippen molar-refractivity contribution in [2.75, 3.05) is 0 Å². The Morgan fingerprint density at radius 3 is 2.33 bits per heavy atom. The van der Waals surface area contributed by atoms with Crippen molar-refractivity contribution in [3.8, 4) is 0 Å². The van der Waals surface area contributed by atoms with Gasteiger partial charge in [-0.05, 0) is 12.8 Å². The summed E-state index contributed by atoms with van der Waals surface area (Å²) in [5.41, 5.74) is 7.62. The van der Waals surface area contributed by atoms with Crippen LogP contribution in [0.4, 0.5) is 0 Å². The molecule has 1 rings (SSSR count). The molecule has 6 N–H and O–H groups in total. The Bertz CT molecular complexity index is 812. The number of carbonyl (C=O) groups is 7. The Balaban J connectivity index is 2.82. The molecular formula is C16H20N2O15. The average Bonchev–Trinajstić information content (AvgIpc) is 2.75. The summed E-state index contributed by atoms with van der Waals surface area (Å²) in [4.78, 5) is 106. The molecule has 0 aromatic carbocycles. The van der Waals surface area contributed by atoms with E-state index in [2.05, 4.69) is 29.3 Å². The third-order valence-corrected chi connectivity index (χ3v) is 3.83. The van der Waals surface area contributed by atoms with Gasteiger partial charge < -0.3 is 21.7 Å². The van der Waals surface area contributed by atoms with Gasteiger partial charge in [-0.1, -0.05) is 0 Å². The van der Waals surface area contributed by atoms with Crippen LogP contribution in [-0.2, 0) is 62.9 Å². The maximum atomic E-state index is 12.1. The number of aliphatic carboxylic acids is 1. The predicted molar refractivity (Wildman–Crippen MR) is 92.8 cm³/mol. The van der Waals surface area contributed by atoms with E-state index in [1.807, 2.05) is 0 Å². The molecule has 1 heterocycles. The third-order valence-electron chi connectivity index (χ3n) is 3.83. The molecule has 3 atom stereocenters. The number of carboxylic acid groups (broad SMARTS) is 1. The van der Waals surface area contributed by atoms with Gasteiger partial charge >= 0.3 is 41.8 Å². The Labute approximate surface area is 183 Å². The SMILES string of the molecule is N[C@H](CCC(=O)O)C(=O)OOC(=O)CC1(O)CC(=O)OOC(=O)[C@H](N)CCC(=O)OOC1=O. The number of hydrogen-bond acceptors (Lipinski definition) is 16. The second kappa shape index (κ2) is 12.3. The second-order valence-electron chi connectivity index (χ2n) is 6.61. The van der Waals surface area contributed by atoms with E-state index in [0.717, 1.165) is 0 Å². The molecule has 0 aromatic rings. The van der Waals surface area contributed by atoms with Crippen LogP contribution >= 0.6 is 0 Å². The van der Waals surface area contributed by atoms with E-state index in [4.69, 9.17) is 16.6 Å². The topological polar surface area (TPSA) is 267 Å². The summed E-state index contributed by atoms with van der Waals surface area (Å²) >= 11 is 0. The zero-order valence-corrected chi connectivity index (χ0v) is 16.8. The van der Waals surface area contributed by atoms with E-state index < -0.39 is 85.2 Å². The summed E-state index contributed by atoms with van der Waals surface area (Å²) < 4.78 is 0. The summed E-state index contributed by atoms with van der Waals surface area (Å²) in [6, 6.07) is -2.89. The zero-order chi connectivity index (χ0) is 25.2. The van der Waals surface area contributed by atoms with Crippen molar-refractivity contribution in [2.45, 2.75) is 56.2 Å². The molecule has 17 heteroatoms. The van der Waals surface area contributed by atoms with Gasteiger partial charge in [0.25, 0.3) is 0 Å². The summed E-state index contributed by atoms with van der Waals surface area (Å²) in [7, 11) is 0. The first-order chi connectivity index (χ1) is 15.3. The van der Waals surface area contributed by atoms with E-state index in [9.17, 15) is 38.7 Å². The van der Waals surface area contributed by atoms with Gasteiger partial charge in [-0.3, -0.25) is 4.79 Å². The van der Waals surface area contributed by atoms with Crippen LogP contribution in [0.3, 0.4) is 0 Å². The van der Waals surface area contributed by atoms with Gasteiger partial charge in [0, 0.05) is 6.42 Å². The van der Waals surface area contributed by atoms with Gasteiger partial charge in [0.1, 0.15) is 12.1 Å². The molecule has 1 aliphatic heterocycles. The van der Waals surface area contributed by atoms with Crippen molar-refractivity contribution in [1.82, 2.24) is 0 Å². The fourth-order valence-electron chi connectivity index (χ4n) is 2.03. The minimum atomic E-state index is -3.10. The van der Waals surface area contributed by atoms with Crippen molar-refractivity contribution >= 4 is 41.8 Å². The summed E-state index contributed by atoms with van der Waals surface area (Å²) in [6.45, 7) is 0. The van der Waals surface area contributed by atoms with Gasteiger partial charge in [-0.25, -0.2) is 58.1 Å². The van der Waals surface area contributed by atoms with Crippen LogP contribution in [-0.4, -0.2) is 69.7 Å². The highest BCUT2D eigenvalue weighted by molar-refractivity contribution is 5.90. The van der Waals surface area contributed by atoms with Gasteiger partial charge in [-0.15, -0.1) is 0 Å². The molecule has 0 bridgehead atoms. The highest BCUT2D eigenvalue weighted by Gasteiger charge is 2.46. The van der Waals surface area contributed by atoms with E-state index in [1.165, 1.54) is 0 Å². The van der Waals surface area contributed by atoms with Gasteiger partial charge in [0.05, 0.1) is 19.3 Å². The van der Waals surface area contributed by atoms with Gasteiger partial charge in [0.15, 0.2) is 5.60 Å². The van der Waals surface area contributed by atoms with Crippen molar-refractivity contribution in [2.24, 2.45) is 11.5 Å². The minimum absolute atomic E-state index is 0.344. The summed E-state index contributed by atoms with van der Waals surface area (Å²) in [5, 5.41) is 18.9. The Morgan fingerprint density at radius 2 is 1.70 bits per heavy atom. The average molecular weight is 480 g/mol. The van der Waals surface area contributed by atoms with Crippen LogP contribution in [0.2, 0.25) is 0 Å². The van der Waals surface area contributed by atoms with Crippen molar-refractivity contribution in [3.05, 3.63) is 0 Å². The van der Waals surface area contributed by atoms with E-state index in [0.29, 0.717) is 0 Å². The first-order valence-corrected chi connectivity index (χ1v) is 9.03. The van der Waals surface area contributed by atoms with Gasteiger partial charge in [0.2, 0.25) is 0 Å². The quantitative estimate of drug-likeness (QED) is 0.215. The molecule has 1 fully saturated rings. The van der Waals surface area contributed by atoms with Crippen LogP contribution in [0.25, 0.3) is 0 Å². The first-order valence-electron chi connectivity index (χ1n) is 9.03. The molecule has 0 spiro atoms. The number of carboxylic acids is 1. The predicted octanol–water partition coefficient (Wildman–Crippen LogP) is -3.18. The lowest BCUT2D eigenvalue weighted by Gasteiger charge is -2.21. The standard InChI is InChI=1S/C16H20N2O15/c17-7(1-3-9(19)20)13(24)31-29-11(22)5-16(27)6-12(23)30-32-14(25)8(18)2-4-10(21)28-33-15(16)26/h7-8,27H,1-6,17-18H2,(H,19,20)/t7-,8-,16?/m1/s1. The van der Waals surface area contributed by atoms with Crippen LogP contribution in [0, 0.1) is 0 Å². The maximum Gasteiger partial charge on any atom is 0.387 e. The van der Waals surface area contributed by atoms with Crippen molar-refractivity contribution < 1.29 is 73.1 Å². The Hall–Kier alpha value is -3.83. The lowest BCUT2D eigenvalue weighted by atomic mass is 9.96. The van der Waals surface area contributed by atoms with Crippen molar-refractivity contribution in [1.29, 1.82) is 0 Å². The summed E-state index contributed by atoms with van der Waals surface area (Å²) in [6.07, 6.45) is -4.54. The fourth-order valence-corrected chi connectivity index (χ4v) is 2.03. The zero-order valence-electron chi connectivity index (χ0n) is 16.8. The second-order valence-corrected chi connectivity index (χ2v) is 6.61. The molecule has 0 saturated carbocycles. The highest BCUT2D eigenvalue weighted by Crippen LogP contribution is 2.21. The van der Waals surface area contributed by atoms with Crippen LogP contribution in [0.15, 0.2) is 0 Å². The molecule has 0 aromatic heterocycles. The molecule has 17 nitrogen and oxygen atoms in total. The number of aliphatic hydroxyl groups is 1. The number of rotatable bonds is 6. The molecule has 1 aliphatic rings. The number of carbonyl (C=O) groups excluding carboxylic acids is 6. The van der Waals surface area contributed by atoms with Crippen LogP contribution < -0.4 is 11.5 Å². The fraction of sp³-hybridized carbons (Fsp3) is 0.562. The van der Waals surface area contributed by atoms with E-state index in [-0.39, 0.29) is 12.8 Å². The summed E-state index contributed by atoms with van der Waals surface area (Å²) in [5.74, 6) is -10.1. The largest absolute Gasteiger partial charge is 0.481 e. The molecule has 184 valence electrons. The molecule has 0 radical (unpaired) electrons. The highest BCUT2D eigenvalue weighted by atomic mass is 17.2.